The van der Waals surface area contributed by atoms with E-state index in [1.807, 2.05) is 0 Å². The van der Waals surface area contributed by atoms with Crippen molar-refractivity contribution < 1.29 is 18.0 Å². The molecule has 0 spiro atoms. The molecular formula is C16H16N2O4S. The van der Waals surface area contributed by atoms with E-state index in [4.69, 9.17) is 5.73 Å². The van der Waals surface area contributed by atoms with Gasteiger partial charge in [0.1, 0.15) is 0 Å². The van der Waals surface area contributed by atoms with Crippen LogP contribution >= 0.6 is 0 Å². The Morgan fingerprint density at radius 1 is 1.09 bits per heavy atom. The molecule has 2 aromatic rings. The minimum absolute atomic E-state index is 0.0627. The van der Waals surface area contributed by atoms with E-state index in [1.165, 1.54) is 24.3 Å². The van der Waals surface area contributed by atoms with Crippen LogP contribution in [0.5, 0.6) is 0 Å². The first-order valence-electron chi connectivity index (χ1n) is 6.71. The van der Waals surface area contributed by atoms with Gasteiger partial charge in [0, 0.05) is 23.1 Å². The Morgan fingerprint density at radius 3 is 2.35 bits per heavy atom. The fourth-order valence-corrected chi connectivity index (χ4v) is 2.77. The summed E-state index contributed by atoms with van der Waals surface area (Å²) in [5.74, 6) is -1.06. The molecule has 0 aliphatic heterocycles. The molecule has 2 aromatic carbocycles. The number of carbonyl (C=O) groups excluding carboxylic acids is 2. The zero-order valence-corrected chi connectivity index (χ0v) is 13.5. The number of carbonyl (C=O) groups is 2. The summed E-state index contributed by atoms with van der Waals surface area (Å²) >= 11 is 0. The molecule has 0 heterocycles. The summed E-state index contributed by atoms with van der Waals surface area (Å²) in [5.41, 5.74) is 6.78. The highest BCUT2D eigenvalue weighted by atomic mass is 32.2. The van der Waals surface area contributed by atoms with Crippen molar-refractivity contribution in [3.05, 3.63) is 59.2 Å². The van der Waals surface area contributed by atoms with E-state index in [9.17, 15) is 18.0 Å². The second-order valence-electron chi connectivity index (χ2n) is 5.10. The summed E-state index contributed by atoms with van der Waals surface area (Å²) in [5, 5.41) is 2.66. The molecule has 2 rings (SSSR count). The number of nitrogens with two attached hydrogens (primary N) is 1. The molecule has 3 N–H and O–H groups in total. The molecular weight excluding hydrogens is 316 g/mol. The van der Waals surface area contributed by atoms with Gasteiger partial charge in [0.2, 0.25) is 5.91 Å². The lowest BCUT2D eigenvalue weighted by Crippen LogP contribution is -2.17. The lowest BCUT2D eigenvalue weighted by atomic mass is 10.1. The van der Waals surface area contributed by atoms with Gasteiger partial charge in [-0.25, -0.2) is 8.42 Å². The van der Waals surface area contributed by atoms with E-state index in [1.54, 1.807) is 25.1 Å². The monoisotopic (exact) mass is 332 g/mol. The molecule has 0 radical (unpaired) electrons. The molecule has 0 aliphatic carbocycles. The Labute approximate surface area is 134 Å². The summed E-state index contributed by atoms with van der Waals surface area (Å²) < 4.78 is 23.1. The quantitative estimate of drug-likeness (QED) is 0.889. The van der Waals surface area contributed by atoms with Crippen LogP contribution in [0.3, 0.4) is 0 Å². The third-order valence-corrected chi connectivity index (χ3v) is 4.48. The zero-order valence-electron chi connectivity index (χ0n) is 12.7. The number of hydrogen-bond donors (Lipinski definition) is 2. The molecule has 0 aliphatic rings. The van der Waals surface area contributed by atoms with Gasteiger partial charge in [0.05, 0.1) is 4.90 Å². The standard InChI is InChI=1S/C16H16N2O4S/c1-10-13(15(17)19)7-4-8-14(10)18-16(20)11-5-3-6-12(9-11)23(2,21)22/h3-9H,1-2H3,(H2,17,19)(H,18,20). The smallest absolute Gasteiger partial charge is 0.255 e. The van der Waals surface area contributed by atoms with E-state index < -0.39 is 21.7 Å². The Kier molecular flexibility index (Phi) is 4.51. The number of primary amides is 1. The van der Waals surface area contributed by atoms with Crippen molar-refractivity contribution in [1.29, 1.82) is 0 Å². The predicted molar refractivity (Wildman–Crippen MR) is 87.2 cm³/mol. The van der Waals surface area contributed by atoms with Crippen LogP contribution in [0.15, 0.2) is 47.4 Å². The van der Waals surface area contributed by atoms with Crippen LogP contribution < -0.4 is 11.1 Å². The van der Waals surface area contributed by atoms with E-state index in [2.05, 4.69) is 5.32 Å². The van der Waals surface area contributed by atoms with Crippen molar-refractivity contribution in [3.63, 3.8) is 0 Å². The maximum atomic E-state index is 12.3. The van der Waals surface area contributed by atoms with E-state index in [0.717, 1.165) is 6.26 Å². The number of nitrogens with one attached hydrogen (secondary N) is 1. The van der Waals surface area contributed by atoms with Crippen molar-refractivity contribution >= 4 is 27.3 Å². The molecule has 0 bridgehead atoms. The van der Waals surface area contributed by atoms with Gasteiger partial charge in [-0.2, -0.15) is 0 Å². The Balaban J connectivity index is 2.34. The van der Waals surface area contributed by atoms with Gasteiger partial charge in [0.25, 0.3) is 5.91 Å². The first-order valence-corrected chi connectivity index (χ1v) is 8.60. The van der Waals surface area contributed by atoms with Gasteiger partial charge in [0.15, 0.2) is 9.84 Å². The second kappa shape index (κ2) is 6.21. The van der Waals surface area contributed by atoms with Crippen LogP contribution in [-0.4, -0.2) is 26.5 Å². The summed E-state index contributed by atoms with van der Waals surface area (Å²) in [7, 11) is -3.40. The predicted octanol–water partition coefficient (Wildman–Crippen LogP) is 1.75. The Hall–Kier alpha value is -2.67. The molecule has 0 saturated carbocycles. The third-order valence-electron chi connectivity index (χ3n) is 3.37. The van der Waals surface area contributed by atoms with Gasteiger partial charge < -0.3 is 11.1 Å². The zero-order chi connectivity index (χ0) is 17.2. The lowest BCUT2D eigenvalue weighted by Gasteiger charge is -2.11. The SMILES string of the molecule is Cc1c(NC(=O)c2cccc(S(C)(=O)=O)c2)cccc1C(N)=O. The fourth-order valence-electron chi connectivity index (χ4n) is 2.10. The second-order valence-corrected chi connectivity index (χ2v) is 7.11. The normalized spacial score (nSPS) is 11.0. The van der Waals surface area contributed by atoms with Gasteiger partial charge in [-0.15, -0.1) is 0 Å². The van der Waals surface area contributed by atoms with Crippen LogP contribution in [0.25, 0.3) is 0 Å². The summed E-state index contributed by atoms with van der Waals surface area (Å²) in [6, 6.07) is 10.5. The Bertz CT molecular complexity index is 889. The maximum absolute atomic E-state index is 12.3. The number of anilines is 1. The third kappa shape index (κ3) is 3.75. The Morgan fingerprint density at radius 2 is 1.74 bits per heavy atom. The van der Waals surface area contributed by atoms with Gasteiger partial charge in [-0.1, -0.05) is 12.1 Å². The average Bonchev–Trinajstić information content (AvgIpc) is 2.48. The summed E-state index contributed by atoms with van der Waals surface area (Å²) in [4.78, 5) is 23.7. The van der Waals surface area contributed by atoms with Crippen LogP contribution in [0, 0.1) is 6.92 Å². The lowest BCUT2D eigenvalue weighted by molar-refractivity contribution is 0.0995. The summed E-state index contributed by atoms with van der Waals surface area (Å²) in [6.45, 7) is 1.67. The van der Waals surface area contributed by atoms with Crippen molar-refractivity contribution in [3.8, 4) is 0 Å². The van der Waals surface area contributed by atoms with Crippen molar-refractivity contribution in [2.45, 2.75) is 11.8 Å². The van der Waals surface area contributed by atoms with Crippen molar-refractivity contribution in [2.24, 2.45) is 5.73 Å². The highest BCUT2D eigenvalue weighted by Gasteiger charge is 2.14. The molecule has 6 nitrogen and oxygen atoms in total. The number of benzene rings is 2. The van der Waals surface area contributed by atoms with E-state index in [-0.39, 0.29) is 10.5 Å². The van der Waals surface area contributed by atoms with Crippen LogP contribution in [0.4, 0.5) is 5.69 Å². The number of rotatable bonds is 4. The minimum Gasteiger partial charge on any atom is -0.366 e. The first-order chi connectivity index (χ1) is 10.7. The molecule has 120 valence electrons. The number of hydrogen-bond acceptors (Lipinski definition) is 4. The van der Waals surface area contributed by atoms with E-state index in [0.29, 0.717) is 16.8 Å². The number of sulfone groups is 1. The molecule has 23 heavy (non-hydrogen) atoms. The van der Waals surface area contributed by atoms with Crippen LogP contribution in [0.2, 0.25) is 0 Å². The number of amides is 2. The first kappa shape index (κ1) is 16.7. The molecule has 2 amide bonds. The van der Waals surface area contributed by atoms with Crippen molar-refractivity contribution in [2.75, 3.05) is 11.6 Å². The largest absolute Gasteiger partial charge is 0.366 e. The van der Waals surface area contributed by atoms with Crippen molar-refractivity contribution in [1.82, 2.24) is 0 Å². The maximum Gasteiger partial charge on any atom is 0.255 e. The molecule has 7 heteroatoms. The highest BCUT2D eigenvalue weighted by Crippen LogP contribution is 2.20. The van der Waals surface area contributed by atoms with Gasteiger partial charge in [-0.3, -0.25) is 9.59 Å². The molecule has 0 unspecified atom stereocenters. The topological polar surface area (TPSA) is 106 Å². The highest BCUT2D eigenvalue weighted by molar-refractivity contribution is 7.90. The van der Waals surface area contributed by atoms with Gasteiger partial charge in [-0.05, 0) is 42.8 Å². The molecule has 0 atom stereocenters. The molecule has 0 fully saturated rings. The fraction of sp³-hybridized carbons (Fsp3) is 0.125. The molecule has 0 aromatic heterocycles. The van der Waals surface area contributed by atoms with Crippen LogP contribution in [-0.2, 0) is 9.84 Å². The van der Waals surface area contributed by atoms with Crippen LogP contribution in [0.1, 0.15) is 26.3 Å². The van der Waals surface area contributed by atoms with E-state index >= 15 is 0 Å². The average molecular weight is 332 g/mol. The summed E-state index contributed by atoms with van der Waals surface area (Å²) in [6.07, 6.45) is 1.07. The minimum atomic E-state index is -3.40. The molecule has 0 saturated heterocycles. The van der Waals surface area contributed by atoms with Gasteiger partial charge >= 0.3 is 0 Å².